The molecule has 0 unspecified atom stereocenters. The van der Waals surface area contributed by atoms with Crippen molar-refractivity contribution in [3.8, 4) is 17.0 Å². The van der Waals surface area contributed by atoms with Crippen LogP contribution < -0.4 is 15.4 Å². The van der Waals surface area contributed by atoms with E-state index in [1.165, 1.54) is 31.6 Å². The van der Waals surface area contributed by atoms with Gasteiger partial charge in [-0.1, -0.05) is 11.6 Å². The first-order chi connectivity index (χ1) is 20.7. The molecule has 4 aromatic rings. The van der Waals surface area contributed by atoms with E-state index in [9.17, 15) is 23.5 Å². The van der Waals surface area contributed by atoms with Gasteiger partial charge in [0.05, 0.1) is 41.7 Å². The van der Waals surface area contributed by atoms with Crippen LogP contribution in [0.25, 0.3) is 16.9 Å². The van der Waals surface area contributed by atoms with Crippen molar-refractivity contribution in [1.82, 2.24) is 29.5 Å². The Labute approximate surface area is 250 Å². The molecule has 0 spiro atoms. The number of amides is 2. The second kappa shape index (κ2) is 11.7. The van der Waals surface area contributed by atoms with Crippen LogP contribution in [0.2, 0.25) is 5.02 Å². The summed E-state index contributed by atoms with van der Waals surface area (Å²) in [5.41, 5.74) is 1.54. The number of nitrogens with zero attached hydrogens (tertiary/aromatic N) is 5. The van der Waals surface area contributed by atoms with Crippen LogP contribution in [0, 0.1) is 11.6 Å². The maximum absolute atomic E-state index is 14.8. The number of β-amino-alcohol motifs (C(OH)–C–C–N with tert-alkyl or cyclic N) is 1. The summed E-state index contributed by atoms with van der Waals surface area (Å²) in [5.74, 6) is -2.32. The molecule has 14 heteroatoms. The Bertz CT molecular complexity index is 1710. The fourth-order valence-electron chi connectivity index (χ4n) is 5.42. The Hall–Kier alpha value is -4.33. The first-order valence-electron chi connectivity index (χ1n) is 13.7. The maximum atomic E-state index is 14.8. The van der Waals surface area contributed by atoms with Crippen LogP contribution in [0.4, 0.5) is 20.3 Å². The van der Waals surface area contributed by atoms with E-state index in [-0.39, 0.29) is 28.1 Å². The van der Waals surface area contributed by atoms with Gasteiger partial charge >= 0.3 is 0 Å². The molecule has 2 fully saturated rings. The summed E-state index contributed by atoms with van der Waals surface area (Å²) >= 11 is 6.54. The Morgan fingerprint density at radius 1 is 1.09 bits per heavy atom. The first-order valence-corrected chi connectivity index (χ1v) is 14.0. The number of aliphatic hydroxyl groups excluding tert-OH is 1. The molecular weight excluding hydrogens is 584 g/mol. The number of anilines is 2. The van der Waals surface area contributed by atoms with Gasteiger partial charge in [0.2, 0.25) is 11.7 Å². The molecule has 43 heavy (non-hydrogen) atoms. The van der Waals surface area contributed by atoms with Gasteiger partial charge in [0.1, 0.15) is 0 Å². The van der Waals surface area contributed by atoms with Crippen LogP contribution in [0.15, 0.2) is 48.9 Å². The number of benzene rings is 2. The summed E-state index contributed by atoms with van der Waals surface area (Å²) in [6, 6.07) is 7.26. The number of piperazine rings is 1. The van der Waals surface area contributed by atoms with Crippen LogP contribution in [0.3, 0.4) is 0 Å². The number of nitrogens with one attached hydrogen (secondary N) is 2. The highest BCUT2D eigenvalue weighted by Gasteiger charge is 2.33. The van der Waals surface area contributed by atoms with Gasteiger partial charge in [-0.25, -0.2) is 14.4 Å². The maximum Gasteiger partial charge on any atom is 0.255 e. The van der Waals surface area contributed by atoms with Gasteiger partial charge in [0.15, 0.2) is 23.0 Å². The molecule has 2 saturated heterocycles. The fourth-order valence-corrected chi connectivity index (χ4v) is 5.68. The summed E-state index contributed by atoms with van der Waals surface area (Å²) in [7, 11) is 1.26. The second-order valence-electron chi connectivity index (χ2n) is 10.3. The molecule has 2 amide bonds. The summed E-state index contributed by atoms with van der Waals surface area (Å²) in [4.78, 5) is 38.0. The van der Waals surface area contributed by atoms with Crippen LogP contribution in [-0.4, -0.2) is 93.1 Å². The van der Waals surface area contributed by atoms with Crippen molar-refractivity contribution in [2.75, 3.05) is 45.2 Å². The fraction of sp³-hybridized carbons (Fsp3) is 0.310. The number of carbonyl (C=O) groups is 2. The topological polar surface area (TPSA) is 124 Å². The van der Waals surface area contributed by atoms with Gasteiger partial charge in [-0.05, 0) is 36.8 Å². The van der Waals surface area contributed by atoms with Crippen molar-refractivity contribution in [1.29, 1.82) is 0 Å². The summed E-state index contributed by atoms with van der Waals surface area (Å²) in [6.45, 7) is 1.92. The van der Waals surface area contributed by atoms with E-state index in [4.69, 9.17) is 16.3 Å². The van der Waals surface area contributed by atoms with E-state index in [2.05, 4.69) is 20.6 Å². The third-order valence-electron chi connectivity index (χ3n) is 7.72. The predicted molar refractivity (Wildman–Crippen MR) is 155 cm³/mol. The monoisotopic (exact) mass is 611 g/mol. The normalized spacial score (nSPS) is 18.7. The van der Waals surface area contributed by atoms with Crippen LogP contribution in [-0.2, 0) is 4.79 Å². The number of fused-ring (bicyclic) bond motifs is 1. The molecule has 0 radical (unpaired) electrons. The molecule has 2 aliphatic rings. The molecule has 4 heterocycles. The van der Waals surface area contributed by atoms with E-state index in [1.807, 2.05) is 0 Å². The number of ether oxygens (including phenoxy) is 1. The van der Waals surface area contributed by atoms with Gasteiger partial charge in [0, 0.05) is 56.4 Å². The molecular formula is C29H28ClF2N7O4. The van der Waals surface area contributed by atoms with Crippen molar-refractivity contribution < 1.29 is 28.2 Å². The molecule has 0 saturated carbocycles. The van der Waals surface area contributed by atoms with Crippen molar-refractivity contribution in [3.05, 3.63) is 71.1 Å². The van der Waals surface area contributed by atoms with E-state index >= 15 is 0 Å². The van der Waals surface area contributed by atoms with Gasteiger partial charge in [-0.3, -0.25) is 14.0 Å². The minimum Gasteiger partial charge on any atom is -0.494 e. The summed E-state index contributed by atoms with van der Waals surface area (Å²) in [6.07, 6.45) is 4.36. The van der Waals surface area contributed by atoms with Crippen molar-refractivity contribution in [3.63, 3.8) is 0 Å². The van der Waals surface area contributed by atoms with Crippen LogP contribution in [0.1, 0.15) is 16.8 Å². The number of halogens is 3. The van der Waals surface area contributed by atoms with E-state index in [1.54, 1.807) is 38.6 Å². The average molecular weight is 612 g/mol. The summed E-state index contributed by atoms with van der Waals surface area (Å²) < 4.78 is 35.6. The molecule has 3 N–H and O–H groups in total. The van der Waals surface area contributed by atoms with E-state index < -0.39 is 23.8 Å². The van der Waals surface area contributed by atoms with Crippen molar-refractivity contribution in [2.24, 2.45) is 0 Å². The minimum absolute atomic E-state index is 0.00746. The molecule has 11 nitrogen and oxygen atoms in total. The number of hydrogen-bond donors (Lipinski definition) is 3. The van der Waals surface area contributed by atoms with Gasteiger partial charge in [-0.15, -0.1) is 0 Å². The molecule has 224 valence electrons. The lowest BCUT2D eigenvalue weighted by molar-refractivity contribution is -0.134. The predicted octanol–water partition coefficient (Wildman–Crippen LogP) is 3.09. The van der Waals surface area contributed by atoms with E-state index in [0.29, 0.717) is 67.6 Å². The Morgan fingerprint density at radius 3 is 2.56 bits per heavy atom. The zero-order valence-electron chi connectivity index (χ0n) is 23.1. The number of aliphatic hydroxyl groups is 1. The molecule has 6 rings (SSSR count). The highest BCUT2D eigenvalue weighted by atomic mass is 35.5. The number of aromatic nitrogens is 3. The SMILES string of the molecule is COc1ccc(-c2cnc3c(Nc4ccc(C(=O)N5CCN(C(=O)[C@@H]6C[C@@H](O)CN6)CC5)c(Cl)c4)nccn23)c(F)c1F. The first kappa shape index (κ1) is 28.8. The Morgan fingerprint density at radius 2 is 1.86 bits per heavy atom. The number of rotatable bonds is 6. The van der Waals surface area contributed by atoms with Gasteiger partial charge in [0.25, 0.3) is 5.91 Å². The lowest BCUT2D eigenvalue weighted by atomic mass is 10.1. The Kier molecular flexibility index (Phi) is 7.86. The number of methoxy groups -OCH3 is 1. The van der Waals surface area contributed by atoms with E-state index in [0.717, 1.165) is 0 Å². The molecule has 2 aromatic heterocycles. The lowest BCUT2D eigenvalue weighted by Crippen LogP contribution is -2.54. The zero-order chi connectivity index (χ0) is 30.2. The Balaban J connectivity index is 1.15. The van der Waals surface area contributed by atoms with Gasteiger partial charge in [-0.2, -0.15) is 4.39 Å². The lowest BCUT2D eigenvalue weighted by Gasteiger charge is -2.36. The van der Waals surface area contributed by atoms with Crippen molar-refractivity contribution in [2.45, 2.75) is 18.6 Å². The zero-order valence-corrected chi connectivity index (χ0v) is 23.8. The standard InChI is InChI=1S/C29H28ClF2N7O4/c1-43-23-5-4-19(24(31)25(23)32)22-15-35-27-26(33-6-7-39(22)27)36-16-2-3-18(20(30)12-16)28(41)37-8-10-38(11-9-37)29(42)21-13-17(40)14-34-21/h2-7,12,15,17,21,34,40H,8-11,13-14H2,1H3,(H,33,36)/t17-,21+/m1/s1. The number of hydrogen-bond acceptors (Lipinski definition) is 8. The summed E-state index contributed by atoms with van der Waals surface area (Å²) in [5, 5.41) is 16.1. The molecule has 2 atom stereocenters. The highest BCUT2D eigenvalue weighted by Crippen LogP contribution is 2.32. The minimum atomic E-state index is -1.09. The average Bonchev–Trinajstić information content (AvgIpc) is 3.65. The third kappa shape index (κ3) is 5.46. The second-order valence-corrected chi connectivity index (χ2v) is 10.8. The largest absolute Gasteiger partial charge is 0.494 e. The van der Waals surface area contributed by atoms with Crippen LogP contribution >= 0.6 is 11.6 Å². The molecule has 2 aliphatic heterocycles. The smallest absolute Gasteiger partial charge is 0.255 e. The van der Waals surface area contributed by atoms with Crippen LogP contribution in [0.5, 0.6) is 5.75 Å². The van der Waals surface area contributed by atoms with Gasteiger partial charge < -0.3 is 30.3 Å². The third-order valence-corrected chi connectivity index (χ3v) is 8.03. The molecule has 0 bridgehead atoms. The number of imidazole rings is 1. The molecule has 0 aliphatic carbocycles. The van der Waals surface area contributed by atoms with Crippen molar-refractivity contribution >= 4 is 40.6 Å². The number of carbonyl (C=O) groups excluding carboxylic acids is 2. The molecule has 2 aromatic carbocycles. The highest BCUT2D eigenvalue weighted by molar-refractivity contribution is 6.34. The quantitative estimate of drug-likeness (QED) is 0.304.